The Hall–Kier alpha value is -0.580. The van der Waals surface area contributed by atoms with Crippen molar-refractivity contribution >= 4 is 20.8 Å². The predicted molar refractivity (Wildman–Crippen MR) is 86.1 cm³/mol. The zero-order valence-corrected chi connectivity index (χ0v) is 16.4. The molecule has 3 heterocycles. The quantitative estimate of drug-likeness (QED) is 0.186. The van der Waals surface area contributed by atoms with Crippen LogP contribution in [0.1, 0.15) is 0 Å². The van der Waals surface area contributed by atoms with Crippen molar-refractivity contribution in [2.75, 3.05) is 13.2 Å². The smallest absolute Gasteiger partial charge is 0.394 e. The number of fused-ring (bicyclic) bond motifs is 2. The standard InChI is InChI=1S/C12H20O16S2/c13-1-3-7(27-29(17,18)19)9(6(15)11(16)24-3)26-12-10(28-30(20,21)22)8-5(14)4(25-12)2-23-8/h3-16H,1-2H2,(H,17,18,19)(H,20,21,22)/t3-,4-,5+,6-,7+,8+,9-,10-,11?,12-/m1/s1. The van der Waals surface area contributed by atoms with Gasteiger partial charge in [-0.05, 0) is 0 Å². The van der Waals surface area contributed by atoms with Crippen molar-refractivity contribution in [1.82, 2.24) is 0 Å². The third-order valence-corrected chi connectivity index (χ3v) is 5.57. The molecule has 3 aliphatic heterocycles. The fraction of sp³-hybridized carbons (Fsp3) is 1.00. The van der Waals surface area contributed by atoms with Crippen LogP contribution >= 0.6 is 0 Å². The Balaban J connectivity index is 1.90. The third-order valence-electron chi connectivity index (χ3n) is 4.64. The molecule has 3 aliphatic rings. The molecule has 0 aromatic carbocycles. The van der Waals surface area contributed by atoms with Gasteiger partial charge in [0.1, 0.15) is 42.7 Å². The summed E-state index contributed by atoms with van der Waals surface area (Å²) >= 11 is 0. The molecule has 2 bridgehead atoms. The highest BCUT2D eigenvalue weighted by Crippen LogP contribution is 2.35. The molecule has 10 atom stereocenters. The first kappa shape index (κ1) is 24.1. The van der Waals surface area contributed by atoms with Crippen LogP contribution in [0.4, 0.5) is 0 Å². The van der Waals surface area contributed by atoms with Crippen LogP contribution in [0.3, 0.4) is 0 Å². The number of hydrogen-bond donors (Lipinski definition) is 6. The fourth-order valence-electron chi connectivity index (χ4n) is 3.40. The van der Waals surface area contributed by atoms with Gasteiger partial charge in [-0.15, -0.1) is 0 Å². The van der Waals surface area contributed by atoms with Crippen molar-refractivity contribution < 1.29 is 73.7 Å². The molecule has 1 unspecified atom stereocenters. The summed E-state index contributed by atoms with van der Waals surface area (Å²) in [5.74, 6) is 0. The van der Waals surface area contributed by atoms with Crippen LogP contribution < -0.4 is 0 Å². The van der Waals surface area contributed by atoms with Crippen LogP contribution in [0.15, 0.2) is 0 Å². The summed E-state index contributed by atoms with van der Waals surface area (Å²) in [6.07, 6.45) is -17.0. The lowest BCUT2D eigenvalue weighted by atomic mass is 9.98. The summed E-state index contributed by atoms with van der Waals surface area (Å²) in [4.78, 5) is 0. The van der Waals surface area contributed by atoms with Crippen LogP contribution in [-0.4, -0.2) is 121 Å². The van der Waals surface area contributed by atoms with Gasteiger partial charge in [0.15, 0.2) is 18.7 Å². The Morgan fingerprint density at radius 1 is 0.867 bits per heavy atom. The van der Waals surface area contributed by atoms with Crippen LogP contribution in [-0.2, 0) is 48.1 Å². The molecule has 3 saturated heterocycles. The van der Waals surface area contributed by atoms with Gasteiger partial charge in [-0.2, -0.15) is 16.8 Å². The summed E-state index contributed by atoms with van der Waals surface area (Å²) in [5.41, 5.74) is 0. The van der Waals surface area contributed by atoms with Gasteiger partial charge >= 0.3 is 20.8 Å². The van der Waals surface area contributed by atoms with Gasteiger partial charge < -0.3 is 39.4 Å². The lowest BCUT2D eigenvalue weighted by molar-refractivity contribution is -0.336. The molecule has 0 saturated carbocycles. The predicted octanol–water partition coefficient (Wildman–Crippen LogP) is -4.70. The maximum absolute atomic E-state index is 11.2. The second-order valence-electron chi connectivity index (χ2n) is 6.65. The zero-order valence-electron chi connectivity index (χ0n) is 14.8. The molecular formula is C12H20O16S2. The summed E-state index contributed by atoms with van der Waals surface area (Å²) in [6.45, 7) is -1.17. The Morgan fingerprint density at radius 3 is 2.03 bits per heavy atom. The Labute approximate surface area is 169 Å². The molecule has 176 valence electrons. The van der Waals surface area contributed by atoms with Crippen LogP contribution in [0.25, 0.3) is 0 Å². The van der Waals surface area contributed by atoms with E-state index in [-0.39, 0.29) is 6.61 Å². The molecule has 3 rings (SSSR count). The second kappa shape index (κ2) is 8.75. The van der Waals surface area contributed by atoms with E-state index in [0.717, 1.165) is 0 Å². The molecule has 30 heavy (non-hydrogen) atoms. The van der Waals surface area contributed by atoms with E-state index in [1.165, 1.54) is 0 Å². The highest BCUT2D eigenvalue weighted by molar-refractivity contribution is 7.81. The topological polar surface area (TPSA) is 245 Å². The summed E-state index contributed by atoms with van der Waals surface area (Å²) in [6, 6.07) is 0. The second-order valence-corrected chi connectivity index (χ2v) is 8.74. The molecule has 0 spiro atoms. The minimum absolute atomic E-state index is 0.222. The SMILES string of the molecule is O=S(=O)(O)O[C@@H]1[C@H](O[C@H]2O[C@@H]3CO[C@@H]([C@H]3O)[C@H]2OS(=O)(=O)O)[C@@H](O)C(O)O[C@@H]1CO. The van der Waals surface area contributed by atoms with Crippen molar-refractivity contribution in [3.63, 3.8) is 0 Å². The van der Waals surface area contributed by atoms with Gasteiger partial charge in [-0.3, -0.25) is 9.11 Å². The van der Waals surface area contributed by atoms with Crippen LogP contribution in [0.2, 0.25) is 0 Å². The van der Waals surface area contributed by atoms with Crippen molar-refractivity contribution in [2.24, 2.45) is 0 Å². The third kappa shape index (κ3) is 5.24. The first-order chi connectivity index (χ1) is 13.8. The average molecular weight is 484 g/mol. The van der Waals surface area contributed by atoms with E-state index < -0.39 is 88.8 Å². The van der Waals surface area contributed by atoms with Gasteiger partial charge in [0.05, 0.1) is 13.2 Å². The summed E-state index contributed by atoms with van der Waals surface area (Å²) in [7, 11) is -10.3. The molecule has 0 radical (unpaired) electrons. The van der Waals surface area contributed by atoms with Gasteiger partial charge in [0.25, 0.3) is 0 Å². The minimum Gasteiger partial charge on any atom is -0.394 e. The van der Waals surface area contributed by atoms with Crippen molar-refractivity contribution in [3.8, 4) is 0 Å². The van der Waals surface area contributed by atoms with E-state index in [9.17, 15) is 37.3 Å². The van der Waals surface area contributed by atoms with Crippen molar-refractivity contribution in [2.45, 2.75) is 61.4 Å². The number of ether oxygens (including phenoxy) is 4. The molecule has 0 aliphatic carbocycles. The lowest BCUT2D eigenvalue weighted by Gasteiger charge is -2.44. The average Bonchev–Trinajstić information content (AvgIpc) is 2.86. The molecule has 18 heteroatoms. The number of hydrogen-bond acceptors (Lipinski definition) is 14. The minimum atomic E-state index is -5.18. The lowest BCUT2D eigenvalue weighted by Crippen LogP contribution is -2.64. The van der Waals surface area contributed by atoms with Gasteiger partial charge in [-0.25, -0.2) is 8.37 Å². The van der Waals surface area contributed by atoms with Gasteiger partial charge in [0, 0.05) is 0 Å². The maximum Gasteiger partial charge on any atom is 0.397 e. The monoisotopic (exact) mass is 484 g/mol. The zero-order chi connectivity index (χ0) is 22.4. The highest BCUT2D eigenvalue weighted by atomic mass is 32.3. The largest absolute Gasteiger partial charge is 0.397 e. The maximum atomic E-state index is 11.2. The molecule has 3 fully saturated rings. The van der Waals surface area contributed by atoms with Crippen molar-refractivity contribution in [1.29, 1.82) is 0 Å². The first-order valence-electron chi connectivity index (χ1n) is 8.35. The van der Waals surface area contributed by atoms with E-state index in [2.05, 4.69) is 8.37 Å². The van der Waals surface area contributed by atoms with E-state index in [1.807, 2.05) is 0 Å². The Kier molecular flexibility index (Phi) is 7.02. The summed E-state index contributed by atoms with van der Waals surface area (Å²) < 4.78 is 92.2. The molecule has 6 N–H and O–H groups in total. The highest BCUT2D eigenvalue weighted by Gasteiger charge is 2.56. The van der Waals surface area contributed by atoms with Crippen molar-refractivity contribution in [3.05, 3.63) is 0 Å². The fourth-order valence-corrected chi connectivity index (χ4v) is 4.40. The molecule has 0 amide bonds. The van der Waals surface area contributed by atoms with Crippen LogP contribution in [0.5, 0.6) is 0 Å². The Bertz CT molecular complexity index is 814. The number of aliphatic hydroxyl groups excluding tert-OH is 4. The van der Waals surface area contributed by atoms with Gasteiger partial charge in [-0.1, -0.05) is 0 Å². The first-order valence-corrected chi connectivity index (χ1v) is 11.1. The molecule has 16 nitrogen and oxygen atoms in total. The number of rotatable bonds is 7. The Morgan fingerprint density at radius 2 is 1.47 bits per heavy atom. The summed E-state index contributed by atoms with van der Waals surface area (Å²) in [5, 5.41) is 39.4. The van der Waals surface area contributed by atoms with Crippen LogP contribution in [0, 0.1) is 0 Å². The molecule has 0 aromatic rings. The normalized spacial score (nSPS) is 44.9. The number of aliphatic hydroxyl groups is 4. The van der Waals surface area contributed by atoms with Gasteiger partial charge in [0.2, 0.25) is 0 Å². The van der Waals surface area contributed by atoms with E-state index in [4.69, 9.17) is 28.1 Å². The van der Waals surface area contributed by atoms with E-state index in [0.29, 0.717) is 0 Å². The molecule has 0 aromatic heterocycles. The molecular weight excluding hydrogens is 464 g/mol. The van der Waals surface area contributed by atoms with E-state index >= 15 is 0 Å². The van der Waals surface area contributed by atoms with E-state index in [1.54, 1.807) is 0 Å².